The van der Waals surface area contributed by atoms with Gasteiger partial charge in [-0.05, 0) is 32.0 Å². The van der Waals surface area contributed by atoms with Crippen molar-refractivity contribution in [3.8, 4) is 0 Å². The van der Waals surface area contributed by atoms with Gasteiger partial charge in [0.2, 0.25) is 0 Å². The molecule has 1 aromatic carbocycles. The fourth-order valence-electron chi connectivity index (χ4n) is 2.80. The van der Waals surface area contributed by atoms with Crippen LogP contribution in [0.4, 0.5) is 0 Å². The van der Waals surface area contributed by atoms with Crippen molar-refractivity contribution in [2.75, 3.05) is 6.73 Å². The van der Waals surface area contributed by atoms with Gasteiger partial charge >= 0.3 is 5.97 Å². The molecule has 0 atom stereocenters. The van der Waals surface area contributed by atoms with E-state index in [0.29, 0.717) is 0 Å². The van der Waals surface area contributed by atoms with E-state index < -0.39 is 24.5 Å². The van der Waals surface area contributed by atoms with Crippen molar-refractivity contribution in [3.63, 3.8) is 0 Å². The molecule has 9 heteroatoms. The zero-order chi connectivity index (χ0) is 18.4. The number of amides is 2. The summed E-state index contributed by atoms with van der Waals surface area (Å²) < 4.78 is 6.49. The number of hydrogen-bond donors (Lipinski definition) is 0. The summed E-state index contributed by atoms with van der Waals surface area (Å²) >= 11 is 0. The number of carbonyl (C=O) groups excluding carboxylic acids is 3. The molecule has 2 aromatic heterocycles. The summed E-state index contributed by atoms with van der Waals surface area (Å²) in [7, 11) is 0. The van der Waals surface area contributed by atoms with E-state index in [-0.39, 0.29) is 22.7 Å². The van der Waals surface area contributed by atoms with E-state index in [1.54, 1.807) is 30.3 Å². The summed E-state index contributed by atoms with van der Waals surface area (Å²) in [6.07, 6.45) is 0. The zero-order valence-electron chi connectivity index (χ0n) is 14.0. The molecule has 1 aliphatic rings. The van der Waals surface area contributed by atoms with Crippen molar-refractivity contribution in [1.29, 1.82) is 0 Å². The number of aryl methyl sites for hydroxylation is 2. The normalized spacial score (nSPS) is 13.4. The van der Waals surface area contributed by atoms with Crippen LogP contribution in [0, 0.1) is 13.8 Å². The van der Waals surface area contributed by atoms with Crippen molar-refractivity contribution in [2.45, 2.75) is 13.8 Å². The summed E-state index contributed by atoms with van der Waals surface area (Å²) in [4.78, 5) is 45.8. The summed E-state index contributed by atoms with van der Waals surface area (Å²) in [5, 5.41) is 4.06. The third-order valence-electron chi connectivity index (χ3n) is 4.00. The van der Waals surface area contributed by atoms with Crippen LogP contribution in [0.25, 0.3) is 5.78 Å². The lowest BCUT2D eigenvalue weighted by molar-refractivity contribution is 0.0219. The van der Waals surface area contributed by atoms with Gasteiger partial charge in [-0.2, -0.15) is 4.98 Å². The van der Waals surface area contributed by atoms with Crippen molar-refractivity contribution in [3.05, 3.63) is 58.7 Å². The molecule has 0 fully saturated rings. The zero-order valence-corrected chi connectivity index (χ0v) is 14.0. The Hall–Kier alpha value is -3.62. The molecule has 3 heterocycles. The van der Waals surface area contributed by atoms with Gasteiger partial charge in [0.05, 0.1) is 11.1 Å². The second kappa shape index (κ2) is 5.73. The van der Waals surface area contributed by atoms with E-state index in [1.165, 1.54) is 4.52 Å². The minimum atomic E-state index is -0.843. The second-order valence-corrected chi connectivity index (χ2v) is 5.83. The highest BCUT2D eigenvalue weighted by Gasteiger charge is 2.36. The van der Waals surface area contributed by atoms with Crippen molar-refractivity contribution < 1.29 is 19.1 Å². The molecule has 0 unspecified atom stereocenters. The van der Waals surface area contributed by atoms with Crippen LogP contribution >= 0.6 is 0 Å². The first-order valence-corrected chi connectivity index (χ1v) is 7.79. The molecule has 26 heavy (non-hydrogen) atoms. The Morgan fingerprint density at radius 1 is 1.08 bits per heavy atom. The molecule has 9 nitrogen and oxygen atoms in total. The van der Waals surface area contributed by atoms with E-state index in [0.717, 1.165) is 16.3 Å². The van der Waals surface area contributed by atoms with E-state index >= 15 is 0 Å². The molecule has 4 rings (SSSR count). The van der Waals surface area contributed by atoms with E-state index in [1.807, 2.05) is 13.8 Å². The Labute approximate surface area is 147 Å². The predicted octanol–water partition coefficient (Wildman–Crippen LogP) is 1.15. The van der Waals surface area contributed by atoms with Crippen molar-refractivity contribution in [2.24, 2.45) is 0 Å². The molecule has 0 aliphatic carbocycles. The van der Waals surface area contributed by atoms with Crippen LogP contribution in [-0.4, -0.2) is 49.0 Å². The Morgan fingerprint density at radius 2 is 1.73 bits per heavy atom. The van der Waals surface area contributed by atoms with E-state index in [9.17, 15) is 14.4 Å². The molecule has 1 aliphatic heterocycles. The summed E-state index contributed by atoms with van der Waals surface area (Å²) in [5.74, 6) is -1.77. The quantitative estimate of drug-likeness (QED) is 0.514. The highest BCUT2D eigenvalue weighted by molar-refractivity contribution is 6.21. The highest BCUT2D eigenvalue weighted by atomic mass is 16.5. The fraction of sp³-hybridized carbons (Fsp3) is 0.176. The van der Waals surface area contributed by atoms with Gasteiger partial charge in [0.1, 0.15) is 0 Å². The number of rotatable bonds is 3. The van der Waals surface area contributed by atoms with E-state index in [2.05, 4.69) is 15.1 Å². The maximum Gasteiger partial charge on any atom is 0.380 e. The first-order valence-electron chi connectivity index (χ1n) is 7.79. The van der Waals surface area contributed by atoms with Gasteiger partial charge in [-0.25, -0.2) is 19.2 Å². The number of ether oxygens (including phenoxy) is 1. The lowest BCUT2D eigenvalue weighted by Crippen LogP contribution is -2.33. The monoisotopic (exact) mass is 351 g/mol. The highest BCUT2D eigenvalue weighted by Crippen LogP contribution is 2.22. The minimum absolute atomic E-state index is 0.192. The van der Waals surface area contributed by atoms with Crippen LogP contribution in [0.5, 0.6) is 0 Å². The topological polar surface area (TPSA) is 107 Å². The van der Waals surface area contributed by atoms with Crippen molar-refractivity contribution in [1.82, 2.24) is 24.5 Å². The van der Waals surface area contributed by atoms with Crippen LogP contribution < -0.4 is 0 Å². The molecule has 0 spiro atoms. The number of nitrogens with zero attached hydrogens (tertiary/aromatic N) is 5. The van der Waals surface area contributed by atoms with Gasteiger partial charge in [-0.15, -0.1) is 5.10 Å². The Kier molecular flexibility index (Phi) is 3.50. The molecule has 2 amide bonds. The number of fused-ring (bicyclic) bond motifs is 2. The molecule has 0 bridgehead atoms. The Balaban J connectivity index is 1.52. The molecular weight excluding hydrogens is 338 g/mol. The number of carbonyl (C=O) groups is 3. The second-order valence-electron chi connectivity index (χ2n) is 5.83. The van der Waals surface area contributed by atoms with Gasteiger partial charge in [0.15, 0.2) is 6.73 Å². The molecule has 0 N–H and O–H groups in total. The Bertz CT molecular complexity index is 1050. The molecular formula is C17H13N5O4. The van der Waals surface area contributed by atoms with Gasteiger partial charge < -0.3 is 4.74 Å². The number of esters is 1. The van der Waals surface area contributed by atoms with Crippen LogP contribution in [0.15, 0.2) is 30.3 Å². The van der Waals surface area contributed by atoms with Crippen molar-refractivity contribution >= 4 is 23.6 Å². The average Bonchev–Trinajstić information content (AvgIpc) is 3.14. The van der Waals surface area contributed by atoms with Crippen LogP contribution in [0.3, 0.4) is 0 Å². The van der Waals surface area contributed by atoms with Gasteiger partial charge in [-0.1, -0.05) is 12.1 Å². The molecule has 0 saturated carbocycles. The smallest absolute Gasteiger partial charge is 0.380 e. The molecule has 0 saturated heterocycles. The number of aromatic nitrogens is 4. The maximum atomic E-state index is 12.2. The van der Waals surface area contributed by atoms with Crippen LogP contribution in [-0.2, 0) is 4.74 Å². The minimum Gasteiger partial charge on any atom is -0.438 e. The van der Waals surface area contributed by atoms with Gasteiger partial charge in [-0.3, -0.25) is 9.59 Å². The third kappa shape index (κ3) is 2.41. The van der Waals surface area contributed by atoms with E-state index in [4.69, 9.17) is 4.74 Å². The predicted molar refractivity (Wildman–Crippen MR) is 87.5 cm³/mol. The standard InChI is InChI=1S/C17H13N5O4/c1-9-7-10(2)22-17(18-9)19-13(20-22)16(25)26-8-21-14(23)11-5-3-4-6-12(11)15(21)24/h3-7H,8H2,1-2H3. The summed E-state index contributed by atoms with van der Waals surface area (Å²) in [5.41, 5.74) is 2.08. The van der Waals surface area contributed by atoms with Crippen LogP contribution in [0.1, 0.15) is 42.7 Å². The molecule has 130 valence electrons. The summed E-state index contributed by atoms with van der Waals surface area (Å²) in [6.45, 7) is 3.11. The van der Waals surface area contributed by atoms with Crippen LogP contribution in [0.2, 0.25) is 0 Å². The third-order valence-corrected chi connectivity index (χ3v) is 4.00. The molecule has 0 radical (unpaired) electrons. The average molecular weight is 351 g/mol. The summed E-state index contributed by atoms with van der Waals surface area (Å²) in [6, 6.07) is 8.24. The van der Waals surface area contributed by atoms with Gasteiger partial charge in [0, 0.05) is 11.4 Å². The largest absolute Gasteiger partial charge is 0.438 e. The lowest BCUT2D eigenvalue weighted by atomic mass is 10.1. The molecule has 3 aromatic rings. The van der Waals surface area contributed by atoms with Gasteiger partial charge in [0.25, 0.3) is 23.4 Å². The fourth-order valence-corrected chi connectivity index (χ4v) is 2.80. The lowest BCUT2D eigenvalue weighted by Gasteiger charge is -2.12. The number of hydrogen-bond acceptors (Lipinski definition) is 7. The first kappa shape index (κ1) is 15.9. The number of benzene rings is 1. The number of imide groups is 1. The SMILES string of the molecule is Cc1cc(C)n2nc(C(=O)OCN3C(=O)c4ccccc4C3=O)nc2n1. The Morgan fingerprint density at radius 3 is 2.38 bits per heavy atom. The first-order chi connectivity index (χ1) is 12.5. The maximum absolute atomic E-state index is 12.2.